The van der Waals surface area contributed by atoms with E-state index in [1.807, 2.05) is 18.2 Å². The smallest absolute Gasteiger partial charge is 0.181 e. The maximum atomic E-state index is 9.34. The van der Waals surface area contributed by atoms with Crippen molar-refractivity contribution in [2.75, 3.05) is 36.5 Å². The van der Waals surface area contributed by atoms with Gasteiger partial charge in [0.15, 0.2) is 17.7 Å². The number of aromatic nitrogens is 1. The number of oxazole rings is 1. The number of hydrogen-bond acceptors (Lipinski definition) is 8. The molecule has 1 fully saturated rings. The van der Waals surface area contributed by atoms with Crippen LogP contribution in [0.5, 0.6) is 0 Å². The van der Waals surface area contributed by atoms with Crippen molar-refractivity contribution in [3.8, 4) is 29.5 Å². The topological polar surface area (TPSA) is 122 Å². The van der Waals surface area contributed by atoms with E-state index in [4.69, 9.17) is 19.7 Å². The minimum absolute atomic E-state index is 0.0979. The van der Waals surface area contributed by atoms with Gasteiger partial charge in [0, 0.05) is 18.7 Å². The first kappa shape index (κ1) is 17.0. The fourth-order valence-electron chi connectivity index (χ4n) is 2.65. The molecule has 2 aromatic rings. The molecular formula is C18H14N6O2. The number of allylic oxidation sites excluding steroid dienone is 2. The Balaban J connectivity index is 2.05. The number of nitriles is 3. The Hall–Kier alpha value is -3.80. The molecule has 0 amide bonds. The molecular weight excluding hydrogens is 332 g/mol. The standard InChI is InChI=1S/C18H14N6O2/c19-8-14(9-20)16(10-21)23-15-7-13(18-11-22-12-26-18)1-2-17(15)24-3-5-25-6-4-24/h1-2,7,11-12,23H,3-6H2. The third-order valence-corrected chi connectivity index (χ3v) is 3.91. The molecule has 1 aliphatic rings. The predicted octanol–water partition coefficient (Wildman–Crippen LogP) is 2.41. The molecule has 0 radical (unpaired) electrons. The van der Waals surface area contributed by atoms with Gasteiger partial charge in [0.2, 0.25) is 0 Å². The molecule has 8 nitrogen and oxygen atoms in total. The molecule has 8 heteroatoms. The lowest BCUT2D eigenvalue weighted by molar-refractivity contribution is 0.123. The van der Waals surface area contributed by atoms with Crippen LogP contribution in [0.3, 0.4) is 0 Å². The Morgan fingerprint density at radius 2 is 1.88 bits per heavy atom. The number of nitrogens with one attached hydrogen (secondary N) is 1. The lowest BCUT2D eigenvalue weighted by Gasteiger charge is -2.30. The zero-order valence-corrected chi connectivity index (χ0v) is 13.8. The number of anilines is 2. The van der Waals surface area contributed by atoms with Gasteiger partial charge in [0.05, 0.1) is 30.8 Å². The molecule has 0 atom stereocenters. The fraction of sp³-hybridized carbons (Fsp3) is 0.222. The summed E-state index contributed by atoms with van der Waals surface area (Å²) in [6, 6.07) is 10.9. The molecule has 1 aromatic heterocycles. The number of nitrogens with zero attached hydrogens (tertiary/aromatic N) is 5. The second-order valence-electron chi connectivity index (χ2n) is 5.41. The van der Waals surface area contributed by atoms with Crippen molar-refractivity contribution in [3.63, 3.8) is 0 Å². The van der Waals surface area contributed by atoms with Crippen LogP contribution in [-0.4, -0.2) is 31.3 Å². The summed E-state index contributed by atoms with van der Waals surface area (Å²) in [7, 11) is 0. The summed E-state index contributed by atoms with van der Waals surface area (Å²) in [6.07, 6.45) is 2.92. The molecule has 0 bridgehead atoms. The normalized spacial score (nSPS) is 13.2. The van der Waals surface area contributed by atoms with Gasteiger partial charge in [-0.3, -0.25) is 0 Å². The molecule has 128 valence electrons. The van der Waals surface area contributed by atoms with Gasteiger partial charge in [0.25, 0.3) is 0 Å². The number of morpholine rings is 1. The molecule has 26 heavy (non-hydrogen) atoms. The summed E-state index contributed by atoms with van der Waals surface area (Å²) >= 11 is 0. The lowest BCUT2D eigenvalue weighted by atomic mass is 10.1. The van der Waals surface area contributed by atoms with Crippen LogP contribution in [0.2, 0.25) is 0 Å². The van der Waals surface area contributed by atoms with E-state index < -0.39 is 0 Å². The fourth-order valence-corrected chi connectivity index (χ4v) is 2.65. The van der Waals surface area contributed by atoms with E-state index in [2.05, 4.69) is 15.2 Å². The highest BCUT2D eigenvalue weighted by atomic mass is 16.5. The zero-order valence-electron chi connectivity index (χ0n) is 13.8. The summed E-state index contributed by atoms with van der Waals surface area (Å²) in [5, 5.41) is 30.4. The Morgan fingerprint density at radius 1 is 1.12 bits per heavy atom. The maximum absolute atomic E-state index is 9.34. The van der Waals surface area contributed by atoms with Crippen LogP contribution in [0.1, 0.15) is 0 Å². The third-order valence-electron chi connectivity index (χ3n) is 3.91. The first-order valence-corrected chi connectivity index (χ1v) is 7.84. The van der Waals surface area contributed by atoms with Crippen molar-refractivity contribution >= 4 is 11.4 Å². The summed E-state index contributed by atoms with van der Waals surface area (Å²) in [4.78, 5) is 6.03. The lowest BCUT2D eigenvalue weighted by Crippen LogP contribution is -2.36. The number of hydrogen-bond donors (Lipinski definition) is 1. The van der Waals surface area contributed by atoms with E-state index in [9.17, 15) is 5.26 Å². The van der Waals surface area contributed by atoms with E-state index >= 15 is 0 Å². The SMILES string of the molecule is N#CC(C#N)=C(C#N)Nc1cc(-c2cnco2)ccc1N1CCOCC1. The van der Waals surface area contributed by atoms with Crippen LogP contribution in [-0.2, 0) is 4.74 Å². The van der Waals surface area contributed by atoms with Crippen LogP contribution in [0, 0.1) is 34.0 Å². The van der Waals surface area contributed by atoms with Crippen LogP contribution in [0.15, 0.2) is 46.5 Å². The van der Waals surface area contributed by atoms with Crippen molar-refractivity contribution in [1.29, 1.82) is 15.8 Å². The predicted molar refractivity (Wildman–Crippen MR) is 92.5 cm³/mol. The van der Waals surface area contributed by atoms with E-state index in [0.29, 0.717) is 37.8 Å². The number of benzene rings is 1. The molecule has 1 saturated heterocycles. The molecule has 1 aromatic carbocycles. The van der Waals surface area contributed by atoms with Crippen molar-refractivity contribution in [3.05, 3.63) is 42.1 Å². The Morgan fingerprint density at radius 3 is 2.50 bits per heavy atom. The van der Waals surface area contributed by atoms with Crippen molar-refractivity contribution in [2.45, 2.75) is 0 Å². The second kappa shape index (κ2) is 7.85. The van der Waals surface area contributed by atoms with E-state index in [1.165, 1.54) is 6.39 Å². The van der Waals surface area contributed by atoms with Gasteiger partial charge >= 0.3 is 0 Å². The number of rotatable bonds is 4. The summed E-state index contributed by atoms with van der Waals surface area (Å²) in [5.74, 6) is 0.574. The van der Waals surface area contributed by atoms with Crippen molar-refractivity contribution < 1.29 is 9.15 Å². The van der Waals surface area contributed by atoms with E-state index in [0.717, 1.165) is 11.3 Å². The van der Waals surface area contributed by atoms with Gasteiger partial charge in [-0.25, -0.2) is 4.98 Å². The number of ether oxygens (including phenoxy) is 1. The van der Waals surface area contributed by atoms with Crippen molar-refractivity contribution in [1.82, 2.24) is 4.98 Å². The largest absolute Gasteiger partial charge is 0.444 e. The minimum Gasteiger partial charge on any atom is -0.444 e. The van der Waals surface area contributed by atoms with E-state index in [1.54, 1.807) is 24.4 Å². The highest BCUT2D eigenvalue weighted by Crippen LogP contribution is 2.33. The average Bonchev–Trinajstić information content (AvgIpc) is 3.23. The zero-order chi connectivity index (χ0) is 18.4. The second-order valence-corrected chi connectivity index (χ2v) is 5.41. The van der Waals surface area contributed by atoms with Gasteiger partial charge in [-0.15, -0.1) is 0 Å². The van der Waals surface area contributed by atoms with E-state index in [-0.39, 0.29) is 11.3 Å². The summed E-state index contributed by atoms with van der Waals surface area (Å²) in [5.41, 5.74) is 1.83. The molecule has 0 saturated carbocycles. The molecule has 1 N–H and O–H groups in total. The first-order valence-electron chi connectivity index (χ1n) is 7.84. The molecule has 3 rings (SSSR count). The Kier molecular flexibility index (Phi) is 5.14. The van der Waals surface area contributed by atoms with Crippen LogP contribution in [0.4, 0.5) is 11.4 Å². The highest BCUT2D eigenvalue weighted by Gasteiger charge is 2.18. The van der Waals surface area contributed by atoms with Gasteiger partial charge in [0.1, 0.15) is 23.9 Å². The maximum Gasteiger partial charge on any atom is 0.181 e. The van der Waals surface area contributed by atoms with Gasteiger partial charge in [-0.2, -0.15) is 15.8 Å². The average molecular weight is 346 g/mol. The van der Waals surface area contributed by atoms with Gasteiger partial charge in [-0.05, 0) is 18.2 Å². The molecule has 2 heterocycles. The highest BCUT2D eigenvalue weighted by molar-refractivity contribution is 5.79. The van der Waals surface area contributed by atoms with Gasteiger partial charge < -0.3 is 19.4 Å². The Labute approximate surface area is 150 Å². The van der Waals surface area contributed by atoms with Crippen molar-refractivity contribution in [2.24, 2.45) is 0 Å². The third kappa shape index (κ3) is 3.49. The summed E-state index contributed by atoms with van der Waals surface area (Å²) < 4.78 is 10.7. The molecule has 0 unspecified atom stereocenters. The first-order chi connectivity index (χ1) is 12.8. The van der Waals surface area contributed by atoms with Crippen LogP contribution >= 0.6 is 0 Å². The molecule has 0 aliphatic carbocycles. The Bertz CT molecular complexity index is 922. The molecule has 1 aliphatic heterocycles. The van der Waals surface area contributed by atoms with Gasteiger partial charge in [-0.1, -0.05) is 0 Å². The summed E-state index contributed by atoms with van der Waals surface area (Å²) in [6.45, 7) is 2.61. The van der Waals surface area contributed by atoms with Crippen LogP contribution < -0.4 is 10.2 Å². The quantitative estimate of drug-likeness (QED) is 0.837. The monoisotopic (exact) mass is 346 g/mol. The molecule has 0 spiro atoms. The van der Waals surface area contributed by atoms with Crippen LogP contribution in [0.25, 0.3) is 11.3 Å². The minimum atomic E-state index is -0.273.